The fraction of sp³-hybridized carbons (Fsp3) is 0.333. The minimum Gasteiger partial charge on any atom is -0.489 e. The van der Waals surface area contributed by atoms with Gasteiger partial charge in [0.15, 0.2) is 0 Å². The topological polar surface area (TPSA) is 30.5 Å². The molecule has 21 heavy (non-hydrogen) atoms. The second-order valence-electron chi connectivity index (χ2n) is 4.98. The molecule has 1 aliphatic rings. The Labute approximate surface area is 127 Å². The number of benzene rings is 1. The summed E-state index contributed by atoms with van der Waals surface area (Å²) in [6.45, 7) is 5.83. The molecule has 2 unspecified atom stereocenters. The summed E-state index contributed by atoms with van der Waals surface area (Å²) < 4.78 is 11.6. The summed E-state index contributed by atoms with van der Waals surface area (Å²) in [6.07, 6.45) is 10.7. The van der Waals surface area contributed by atoms with Crippen molar-refractivity contribution in [2.24, 2.45) is 0 Å². The van der Waals surface area contributed by atoms with Gasteiger partial charge in [0.25, 0.3) is 0 Å². The largest absolute Gasteiger partial charge is 0.489 e. The van der Waals surface area contributed by atoms with Crippen molar-refractivity contribution in [2.75, 3.05) is 19.8 Å². The van der Waals surface area contributed by atoms with Crippen molar-refractivity contribution in [3.63, 3.8) is 0 Å². The Morgan fingerprint density at radius 3 is 2.86 bits per heavy atom. The van der Waals surface area contributed by atoms with Gasteiger partial charge in [-0.15, -0.1) is 0 Å². The van der Waals surface area contributed by atoms with Crippen molar-refractivity contribution in [3.8, 4) is 5.75 Å². The van der Waals surface area contributed by atoms with Crippen LogP contribution in [-0.4, -0.2) is 31.9 Å². The van der Waals surface area contributed by atoms with Gasteiger partial charge in [0.05, 0.1) is 13.2 Å². The fourth-order valence-electron chi connectivity index (χ4n) is 2.25. The lowest BCUT2D eigenvalue weighted by atomic mass is 10.2. The van der Waals surface area contributed by atoms with Crippen LogP contribution in [0.2, 0.25) is 0 Å². The van der Waals surface area contributed by atoms with E-state index in [4.69, 9.17) is 9.47 Å². The minimum atomic E-state index is 0.229. The van der Waals surface area contributed by atoms with E-state index in [0.29, 0.717) is 19.3 Å². The molecule has 2 atom stereocenters. The van der Waals surface area contributed by atoms with Gasteiger partial charge in [-0.05, 0) is 12.1 Å². The summed E-state index contributed by atoms with van der Waals surface area (Å²) in [5, 5.41) is 3.44. The Balaban J connectivity index is 1.61. The van der Waals surface area contributed by atoms with Crippen molar-refractivity contribution >= 4 is 0 Å². The molecule has 112 valence electrons. The first-order chi connectivity index (χ1) is 10.4. The van der Waals surface area contributed by atoms with E-state index < -0.39 is 0 Å². The lowest BCUT2D eigenvalue weighted by Crippen LogP contribution is -2.26. The van der Waals surface area contributed by atoms with E-state index in [2.05, 4.69) is 11.9 Å². The van der Waals surface area contributed by atoms with E-state index in [1.165, 1.54) is 0 Å². The number of ether oxygens (including phenoxy) is 2. The SMILES string of the molecule is C=C/C=C\C=C/COCC1CC(Oc2ccccc2)CN1. The van der Waals surface area contributed by atoms with Crippen molar-refractivity contribution in [1.29, 1.82) is 0 Å². The lowest BCUT2D eigenvalue weighted by molar-refractivity contribution is 0.136. The Kier molecular flexibility index (Phi) is 6.78. The predicted octanol–water partition coefficient (Wildman–Crippen LogP) is 3.11. The van der Waals surface area contributed by atoms with Gasteiger partial charge in [0.2, 0.25) is 0 Å². The molecule has 1 aromatic rings. The van der Waals surface area contributed by atoms with E-state index in [-0.39, 0.29) is 6.10 Å². The first kappa shape index (κ1) is 15.5. The third-order valence-corrected chi connectivity index (χ3v) is 3.26. The van der Waals surface area contributed by atoms with Gasteiger partial charge >= 0.3 is 0 Å². The van der Waals surface area contributed by atoms with Crippen LogP contribution in [0.5, 0.6) is 5.75 Å². The van der Waals surface area contributed by atoms with Gasteiger partial charge in [0, 0.05) is 19.0 Å². The molecule has 1 fully saturated rings. The van der Waals surface area contributed by atoms with Crippen LogP contribution in [0.3, 0.4) is 0 Å². The van der Waals surface area contributed by atoms with Crippen LogP contribution in [0, 0.1) is 0 Å². The molecule has 0 saturated carbocycles. The zero-order valence-electron chi connectivity index (χ0n) is 12.3. The van der Waals surface area contributed by atoms with Crippen LogP contribution in [0.15, 0.2) is 67.3 Å². The molecule has 1 aromatic carbocycles. The van der Waals surface area contributed by atoms with Gasteiger partial charge < -0.3 is 14.8 Å². The highest BCUT2D eigenvalue weighted by Crippen LogP contribution is 2.16. The van der Waals surface area contributed by atoms with Crippen molar-refractivity contribution < 1.29 is 9.47 Å². The number of rotatable bonds is 8. The molecule has 0 bridgehead atoms. The number of nitrogens with one attached hydrogen (secondary N) is 1. The van der Waals surface area contributed by atoms with E-state index >= 15 is 0 Å². The zero-order chi connectivity index (χ0) is 14.8. The minimum absolute atomic E-state index is 0.229. The molecule has 1 N–H and O–H groups in total. The average molecular weight is 285 g/mol. The first-order valence-corrected chi connectivity index (χ1v) is 7.35. The smallest absolute Gasteiger partial charge is 0.119 e. The van der Waals surface area contributed by atoms with E-state index in [1.807, 2.05) is 54.6 Å². The third kappa shape index (κ3) is 5.98. The molecular formula is C18H23NO2. The molecule has 0 spiro atoms. The summed E-state index contributed by atoms with van der Waals surface area (Å²) in [6, 6.07) is 10.3. The molecule has 3 nitrogen and oxygen atoms in total. The van der Waals surface area contributed by atoms with Gasteiger partial charge in [-0.2, -0.15) is 0 Å². The third-order valence-electron chi connectivity index (χ3n) is 3.26. The summed E-state index contributed by atoms with van der Waals surface area (Å²) in [4.78, 5) is 0. The normalized spacial score (nSPS) is 22.1. The van der Waals surface area contributed by atoms with E-state index in [0.717, 1.165) is 18.7 Å². The van der Waals surface area contributed by atoms with Crippen LogP contribution in [0.25, 0.3) is 0 Å². The standard InChI is InChI=1S/C18H23NO2/c1-2-3-4-5-9-12-20-15-16-13-18(14-19-16)21-17-10-7-6-8-11-17/h2-11,16,18-19H,1,12-15H2/b4-3-,9-5-. The quantitative estimate of drug-likeness (QED) is 0.588. The van der Waals surface area contributed by atoms with Crippen molar-refractivity contribution in [1.82, 2.24) is 5.32 Å². The first-order valence-electron chi connectivity index (χ1n) is 7.35. The molecule has 0 aromatic heterocycles. The highest BCUT2D eigenvalue weighted by atomic mass is 16.5. The Bertz CT molecular complexity index is 467. The highest BCUT2D eigenvalue weighted by molar-refractivity contribution is 5.21. The molecule has 0 aliphatic carbocycles. The number of hydrogen-bond acceptors (Lipinski definition) is 3. The Morgan fingerprint density at radius 2 is 2.05 bits per heavy atom. The van der Waals surface area contributed by atoms with Crippen LogP contribution in [0.4, 0.5) is 0 Å². The highest BCUT2D eigenvalue weighted by Gasteiger charge is 2.25. The molecule has 2 rings (SSSR count). The zero-order valence-corrected chi connectivity index (χ0v) is 12.3. The maximum absolute atomic E-state index is 5.93. The second kappa shape index (κ2) is 9.16. The summed E-state index contributed by atoms with van der Waals surface area (Å²) >= 11 is 0. The maximum Gasteiger partial charge on any atom is 0.119 e. The van der Waals surface area contributed by atoms with Crippen LogP contribution < -0.4 is 10.1 Å². The Morgan fingerprint density at radius 1 is 1.19 bits per heavy atom. The van der Waals surface area contributed by atoms with Gasteiger partial charge in [0.1, 0.15) is 11.9 Å². The Hall–Kier alpha value is -1.84. The van der Waals surface area contributed by atoms with Crippen LogP contribution in [-0.2, 0) is 4.74 Å². The molecule has 1 heterocycles. The van der Waals surface area contributed by atoms with E-state index in [9.17, 15) is 0 Å². The summed E-state index contributed by atoms with van der Waals surface area (Å²) in [5.41, 5.74) is 0. The molecule has 3 heteroatoms. The number of allylic oxidation sites excluding steroid dienone is 4. The van der Waals surface area contributed by atoms with Crippen LogP contribution >= 0.6 is 0 Å². The molecule has 0 amide bonds. The fourth-order valence-corrected chi connectivity index (χ4v) is 2.25. The molecule has 1 saturated heterocycles. The van der Waals surface area contributed by atoms with E-state index in [1.54, 1.807) is 6.08 Å². The van der Waals surface area contributed by atoms with Gasteiger partial charge in [-0.1, -0.05) is 55.2 Å². The number of hydrogen-bond donors (Lipinski definition) is 1. The molecular weight excluding hydrogens is 262 g/mol. The van der Waals surface area contributed by atoms with Crippen LogP contribution in [0.1, 0.15) is 6.42 Å². The van der Waals surface area contributed by atoms with Gasteiger partial charge in [-0.25, -0.2) is 0 Å². The summed E-state index contributed by atoms with van der Waals surface area (Å²) in [5.74, 6) is 0.933. The molecule has 1 aliphatic heterocycles. The second-order valence-corrected chi connectivity index (χ2v) is 4.98. The molecule has 0 radical (unpaired) electrons. The van der Waals surface area contributed by atoms with Crippen molar-refractivity contribution in [3.05, 3.63) is 67.3 Å². The predicted molar refractivity (Wildman–Crippen MR) is 86.6 cm³/mol. The number of para-hydroxylation sites is 1. The monoisotopic (exact) mass is 285 g/mol. The van der Waals surface area contributed by atoms with Gasteiger partial charge in [-0.3, -0.25) is 0 Å². The average Bonchev–Trinajstić information content (AvgIpc) is 2.95. The van der Waals surface area contributed by atoms with Crippen molar-refractivity contribution in [2.45, 2.75) is 18.6 Å². The summed E-state index contributed by atoms with van der Waals surface area (Å²) in [7, 11) is 0. The lowest BCUT2D eigenvalue weighted by Gasteiger charge is -2.13. The maximum atomic E-state index is 5.93.